The second kappa shape index (κ2) is 9.49. The Balaban J connectivity index is 1.30. The zero-order valence-corrected chi connectivity index (χ0v) is 23.7. The van der Waals surface area contributed by atoms with Crippen molar-refractivity contribution < 1.29 is 8.83 Å². The Kier molecular flexibility index (Phi) is 5.44. The number of allylic oxidation sites excluding steroid dienone is 6. The first-order valence-corrected chi connectivity index (χ1v) is 15.5. The summed E-state index contributed by atoms with van der Waals surface area (Å²) < 4.78 is 13.4. The summed E-state index contributed by atoms with van der Waals surface area (Å²) in [6, 6.07) is 24.6. The van der Waals surface area contributed by atoms with Gasteiger partial charge in [-0.1, -0.05) is 60.7 Å². The summed E-state index contributed by atoms with van der Waals surface area (Å²) in [5.41, 5.74) is 14.0. The van der Waals surface area contributed by atoms with Crippen LogP contribution >= 0.6 is 0 Å². The Morgan fingerprint density at radius 2 is 1.17 bits per heavy atom. The van der Waals surface area contributed by atoms with Gasteiger partial charge in [0.25, 0.3) is 0 Å². The second-order valence-corrected chi connectivity index (χ2v) is 12.1. The van der Waals surface area contributed by atoms with Crippen molar-refractivity contribution in [3.8, 4) is 22.3 Å². The topological polar surface area (TPSA) is 26.3 Å². The molecule has 0 spiro atoms. The first kappa shape index (κ1) is 24.1. The SMILES string of the molecule is C1=CCCCC/C=C\C(c2ccc3oc4ccc5c(-c6ccc7c(c6)CCCC7)ccc6oc7ccc2c3c7-c4c65)=C1. The standard InChI is InChI=1S/C40H32O2/c1-2-4-6-11-26(12-7-5-3-1)29-16-20-33-37-31(29)18-22-35-39(37)40-36(41-33)23-19-32-30(17-21-34(42-35)38(32)40)28-15-14-25-10-8-9-13-27(25)24-28/h4,6-7,11-12,14-24H,1-3,5,8-10,13H2/b6-4?,12-7-,26-11?. The van der Waals surface area contributed by atoms with E-state index >= 15 is 0 Å². The molecule has 0 saturated heterocycles. The zero-order chi connectivity index (χ0) is 27.6. The van der Waals surface area contributed by atoms with Gasteiger partial charge in [-0.2, -0.15) is 0 Å². The smallest absolute Gasteiger partial charge is 0.136 e. The first-order valence-electron chi connectivity index (χ1n) is 15.5. The van der Waals surface area contributed by atoms with Crippen molar-refractivity contribution in [3.05, 3.63) is 114 Å². The van der Waals surface area contributed by atoms with Gasteiger partial charge in [0.15, 0.2) is 0 Å². The van der Waals surface area contributed by atoms with Gasteiger partial charge in [0.2, 0.25) is 0 Å². The number of benzene rings is 5. The summed E-state index contributed by atoms with van der Waals surface area (Å²) in [5, 5.41) is 4.72. The van der Waals surface area contributed by atoms with Crippen molar-refractivity contribution in [1.82, 2.24) is 0 Å². The predicted octanol–water partition coefficient (Wildman–Crippen LogP) is 11.6. The average Bonchev–Trinajstić information content (AvgIpc) is 3.04. The molecule has 5 aromatic carbocycles. The van der Waals surface area contributed by atoms with E-state index in [1.165, 1.54) is 82.7 Å². The van der Waals surface area contributed by atoms with Crippen LogP contribution in [0.1, 0.15) is 55.2 Å². The lowest BCUT2D eigenvalue weighted by atomic mass is 9.85. The van der Waals surface area contributed by atoms with Crippen LogP contribution < -0.4 is 0 Å². The molecule has 0 aromatic heterocycles. The molecule has 204 valence electrons. The molecule has 4 aliphatic rings. The van der Waals surface area contributed by atoms with Gasteiger partial charge in [0.1, 0.15) is 22.3 Å². The number of hydrogen-bond acceptors (Lipinski definition) is 2. The quantitative estimate of drug-likeness (QED) is 0.160. The Morgan fingerprint density at radius 1 is 0.524 bits per heavy atom. The van der Waals surface area contributed by atoms with Gasteiger partial charge < -0.3 is 8.83 Å². The second-order valence-electron chi connectivity index (χ2n) is 12.1. The van der Waals surface area contributed by atoms with Crippen molar-refractivity contribution >= 4 is 49.5 Å². The lowest BCUT2D eigenvalue weighted by Crippen LogP contribution is -2.02. The highest BCUT2D eigenvalue weighted by Crippen LogP contribution is 2.50. The zero-order valence-electron chi connectivity index (χ0n) is 23.7. The molecule has 0 unspecified atom stereocenters. The molecule has 0 bridgehead atoms. The number of rotatable bonds is 2. The van der Waals surface area contributed by atoms with E-state index in [4.69, 9.17) is 8.83 Å². The van der Waals surface area contributed by atoms with Gasteiger partial charge in [-0.25, -0.2) is 0 Å². The van der Waals surface area contributed by atoms with Crippen LogP contribution in [0.4, 0.5) is 0 Å². The van der Waals surface area contributed by atoms with Crippen molar-refractivity contribution in [1.29, 1.82) is 0 Å². The molecule has 2 heterocycles. The minimum Gasteiger partial charge on any atom is -0.456 e. The Bertz CT molecular complexity index is 2190. The fourth-order valence-corrected chi connectivity index (χ4v) is 7.51. The highest BCUT2D eigenvalue weighted by atomic mass is 16.3. The lowest BCUT2D eigenvalue weighted by Gasteiger charge is -2.22. The highest BCUT2D eigenvalue weighted by Gasteiger charge is 2.26. The van der Waals surface area contributed by atoms with E-state index in [1.807, 2.05) is 0 Å². The molecule has 2 aliphatic carbocycles. The minimum atomic E-state index is 0.898. The summed E-state index contributed by atoms with van der Waals surface area (Å²) >= 11 is 0. The molecule has 5 aromatic rings. The van der Waals surface area contributed by atoms with E-state index in [2.05, 4.69) is 97.1 Å². The number of aryl methyl sites for hydroxylation is 2. The highest BCUT2D eigenvalue weighted by molar-refractivity contribution is 6.25. The van der Waals surface area contributed by atoms with Gasteiger partial charge in [0.05, 0.1) is 0 Å². The van der Waals surface area contributed by atoms with Gasteiger partial charge in [-0.05, 0) is 132 Å². The van der Waals surface area contributed by atoms with Crippen LogP contribution in [0.3, 0.4) is 0 Å². The molecule has 42 heavy (non-hydrogen) atoms. The third-order valence-electron chi connectivity index (χ3n) is 9.57. The third-order valence-corrected chi connectivity index (χ3v) is 9.57. The summed E-state index contributed by atoms with van der Waals surface area (Å²) in [7, 11) is 0. The maximum absolute atomic E-state index is 6.68. The molecule has 0 fully saturated rings. The van der Waals surface area contributed by atoms with Crippen molar-refractivity contribution in [2.24, 2.45) is 0 Å². The molecule has 9 rings (SSSR count). The summed E-state index contributed by atoms with van der Waals surface area (Å²) in [6.07, 6.45) is 21.1. The predicted molar refractivity (Wildman–Crippen MR) is 176 cm³/mol. The summed E-state index contributed by atoms with van der Waals surface area (Å²) in [5.74, 6) is 0. The van der Waals surface area contributed by atoms with E-state index in [-0.39, 0.29) is 0 Å². The van der Waals surface area contributed by atoms with E-state index < -0.39 is 0 Å². The monoisotopic (exact) mass is 544 g/mol. The normalized spacial score (nSPS) is 17.0. The summed E-state index contributed by atoms with van der Waals surface area (Å²) in [6.45, 7) is 0. The van der Waals surface area contributed by atoms with Crippen molar-refractivity contribution in [2.75, 3.05) is 0 Å². The number of fused-ring (bicyclic) bond motifs is 1. The van der Waals surface area contributed by atoms with Crippen LogP contribution in [0.2, 0.25) is 0 Å². The molecule has 2 heteroatoms. The van der Waals surface area contributed by atoms with Gasteiger partial charge in [0, 0.05) is 21.9 Å². The molecule has 0 amide bonds. The molecular formula is C40H32O2. The lowest BCUT2D eigenvalue weighted by molar-refractivity contribution is 0.646. The molecular weight excluding hydrogens is 512 g/mol. The minimum absolute atomic E-state index is 0.898. The molecule has 0 atom stereocenters. The largest absolute Gasteiger partial charge is 0.456 e. The van der Waals surface area contributed by atoms with Crippen molar-refractivity contribution in [2.45, 2.75) is 51.4 Å². The van der Waals surface area contributed by atoms with Crippen LogP contribution in [-0.4, -0.2) is 0 Å². The van der Waals surface area contributed by atoms with Crippen LogP contribution in [-0.2, 0) is 12.8 Å². The summed E-state index contributed by atoms with van der Waals surface area (Å²) in [4.78, 5) is 0. The Morgan fingerprint density at radius 3 is 1.93 bits per heavy atom. The van der Waals surface area contributed by atoms with Crippen LogP contribution in [0, 0.1) is 0 Å². The van der Waals surface area contributed by atoms with E-state index in [9.17, 15) is 0 Å². The fourth-order valence-electron chi connectivity index (χ4n) is 7.51. The Hall–Kier alpha value is -4.56. The molecule has 2 nitrogen and oxygen atoms in total. The molecule has 2 aliphatic heterocycles. The number of hydrogen-bond donors (Lipinski definition) is 0. The average molecular weight is 545 g/mol. The van der Waals surface area contributed by atoms with E-state index in [1.54, 1.807) is 0 Å². The van der Waals surface area contributed by atoms with Gasteiger partial charge >= 0.3 is 0 Å². The third kappa shape index (κ3) is 3.64. The maximum atomic E-state index is 6.68. The van der Waals surface area contributed by atoms with Gasteiger partial charge in [-0.15, -0.1) is 0 Å². The fraction of sp³-hybridized carbons (Fsp3) is 0.200. The van der Waals surface area contributed by atoms with Crippen molar-refractivity contribution in [3.63, 3.8) is 0 Å². The first-order chi connectivity index (χ1) is 20.8. The van der Waals surface area contributed by atoms with Crippen LogP contribution in [0.25, 0.3) is 71.7 Å². The van der Waals surface area contributed by atoms with E-state index in [0.717, 1.165) is 57.1 Å². The molecule has 0 N–H and O–H groups in total. The molecule has 0 radical (unpaired) electrons. The molecule has 0 saturated carbocycles. The van der Waals surface area contributed by atoms with Crippen LogP contribution in [0.5, 0.6) is 0 Å². The van der Waals surface area contributed by atoms with E-state index in [0.29, 0.717) is 0 Å². The Labute approximate surface area is 245 Å². The van der Waals surface area contributed by atoms with Crippen LogP contribution in [0.15, 0.2) is 106 Å². The van der Waals surface area contributed by atoms with Gasteiger partial charge in [-0.3, -0.25) is 0 Å². The maximum Gasteiger partial charge on any atom is 0.136 e.